The normalized spacial score (nSPS) is 10.5. The number of benzene rings is 2. The number of hydrogen-bond donors (Lipinski definition) is 3. The minimum absolute atomic E-state index is 0.169. The van der Waals surface area contributed by atoms with Gasteiger partial charge in [0.1, 0.15) is 0 Å². The summed E-state index contributed by atoms with van der Waals surface area (Å²) in [5.74, 6) is 0.133. The molecular weight excluding hydrogens is 350 g/mol. The van der Waals surface area contributed by atoms with Crippen LogP contribution in [0.3, 0.4) is 0 Å². The lowest BCUT2D eigenvalue weighted by Crippen LogP contribution is -2.15. The molecule has 0 atom stereocenters. The first-order chi connectivity index (χ1) is 12.5. The molecule has 3 aromatic rings. The van der Waals surface area contributed by atoms with Crippen molar-refractivity contribution >= 4 is 29.3 Å². The number of carbonyl (C=O) groups excluding carboxylic acids is 2. The molecule has 0 spiro atoms. The number of H-pyrrole nitrogens is 1. The lowest BCUT2D eigenvalue weighted by atomic mass is 10.1. The van der Waals surface area contributed by atoms with Gasteiger partial charge in [-0.25, -0.2) is 4.98 Å². The molecular formula is C18H17N5O2S. The van der Waals surface area contributed by atoms with Gasteiger partial charge in [0.15, 0.2) is 5.82 Å². The summed E-state index contributed by atoms with van der Waals surface area (Å²) < 4.78 is 0. The molecule has 0 radical (unpaired) electrons. The van der Waals surface area contributed by atoms with Crippen LogP contribution in [0.5, 0.6) is 0 Å². The Bertz CT molecular complexity index is 920. The van der Waals surface area contributed by atoms with Gasteiger partial charge in [-0.3, -0.25) is 14.7 Å². The molecule has 1 heterocycles. The highest BCUT2D eigenvalue weighted by molar-refractivity contribution is 7.99. The van der Waals surface area contributed by atoms with Gasteiger partial charge in [0.05, 0.1) is 5.75 Å². The van der Waals surface area contributed by atoms with E-state index in [4.69, 9.17) is 5.73 Å². The number of rotatable bonds is 6. The quantitative estimate of drug-likeness (QED) is 0.580. The number of thioether (sulfide) groups is 1. The number of amides is 2. The van der Waals surface area contributed by atoms with E-state index in [0.717, 1.165) is 5.56 Å². The second-order valence-electron chi connectivity index (χ2n) is 5.61. The summed E-state index contributed by atoms with van der Waals surface area (Å²) >= 11 is 1.23. The summed E-state index contributed by atoms with van der Waals surface area (Å²) in [6.07, 6.45) is 0. The van der Waals surface area contributed by atoms with E-state index in [9.17, 15) is 9.59 Å². The molecule has 0 unspecified atom stereocenters. The number of nitrogens with zero attached hydrogens (tertiary/aromatic N) is 2. The molecule has 26 heavy (non-hydrogen) atoms. The first kappa shape index (κ1) is 17.7. The van der Waals surface area contributed by atoms with E-state index in [-0.39, 0.29) is 11.7 Å². The van der Waals surface area contributed by atoms with E-state index in [2.05, 4.69) is 20.5 Å². The van der Waals surface area contributed by atoms with Crippen molar-refractivity contribution in [3.05, 3.63) is 59.7 Å². The molecule has 0 aliphatic carbocycles. The molecule has 3 rings (SSSR count). The number of nitrogens with two attached hydrogens (primary N) is 1. The van der Waals surface area contributed by atoms with Gasteiger partial charge in [-0.2, -0.15) is 0 Å². The van der Waals surface area contributed by atoms with Gasteiger partial charge in [-0.05, 0) is 31.2 Å². The zero-order valence-corrected chi connectivity index (χ0v) is 14.8. The summed E-state index contributed by atoms with van der Waals surface area (Å²) in [6.45, 7) is 2.02. The maximum absolute atomic E-state index is 12.0. The minimum Gasteiger partial charge on any atom is -0.366 e. The molecule has 2 aromatic carbocycles. The van der Waals surface area contributed by atoms with Crippen LogP contribution in [-0.2, 0) is 4.79 Å². The number of primary amides is 1. The van der Waals surface area contributed by atoms with Gasteiger partial charge in [0.2, 0.25) is 17.0 Å². The fourth-order valence-corrected chi connectivity index (χ4v) is 2.79. The summed E-state index contributed by atoms with van der Waals surface area (Å²) in [6, 6.07) is 14.3. The van der Waals surface area contributed by atoms with Crippen molar-refractivity contribution in [2.45, 2.75) is 12.1 Å². The third-order valence-electron chi connectivity index (χ3n) is 3.58. The summed E-state index contributed by atoms with van der Waals surface area (Å²) in [7, 11) is 0. The van der Waals surface area contributed by atoms with Crippen LogP contribution in [-0.4, -0.2) is 32.7 Å². The fraction of sp³-hybridized carbons (Fsp3) is 0.111. The van der Waals surface area contributed by atoms with E-state index in [0.29, 0.717) is 22.2 Å². The zero-order chi connectivity index (χ0) is 18.5. The Hall–Kier alpha value is -3.13. The van der Waals surface area contributed by atoms with Crippen LogP contribution < -0.4 is 11.1 Å². The molecule has 0 saturated carbocycles. The van der Waals surface area contributed by atoms with Crippen LogP contribution >= 0.6 is 11.8 Å². The maximum atomic E-state index is 12.0. The van der Waals surface area contributed by atoms with Crippen molar-refractivity contribution < 1.29 is 9.59 Å². The van der Waals surface area contributed by atoms with Crippen molar-refractivity contribution in [2.24, 2.45) is 5.73 Å². The predicted molar refractivity (Wildman–Crippen MR) is 101 cm³/mol. The van der Waals surface area contributed by atoms with E-state index >= 15 is 0 Å². The Labute approximate surface area is 154 Å². The van der Waals surface area contributed by atoms with Crippen molar-refractivity contribution in [1.29, 1.82) is 0 Å². The summed E-state index contributed by atoms with van der Waals surface area (Å²) in [5, 5.41) is 10.2. The molecule has 0 bridgehead atoms. The van der Waals surface area contributed by atoms with Crippen LogP contribution in [0.4, 0.5) is 5.69 Å². The van der Waals surface area contributed by atoms with Gasteiger partial charge in [0.25, 0.3) is 0 Å². The highest BCUT2D eigenvalue weighted by Crippen LogP contribution is 2.20. The maximum Gasteiger partial charge on any atom is 0.248 e. The van der Waals surface area contributed by atoms with Crippen molar-refractivity contribution in [2.75, 3.05) is 11.1 Å². The number of hydrogen-bond acceptors (Lipinski definition) is 5. The Kier molecular flexibility index (Phi) is 5.33. The van der Waals surface area contributed by atoms with Crippen molar-refractivity contribution in [1.82, 2.24) is 15.2 Å². The SMILES string of the molecule is Cc1ccc(-c2nc(SCC(=O)Nc3ccc(C(N)=O)cc3)n[nH]2)cc1. The average Bonchev–Trinajstić information content (AvgIpc) is 3.10. The van der Waals surface area contributed by atoms with Crippen LogP contribution in [0.15, 0.2) is 53.7 Å². The zero-order valence-electron chi connectivity index (χ0n) is 14.0. The smallest absolute Gasteiger partial charge is 0.248 e. The average molecular weight is 367 g/mol. The predicted octanol–water partition coefficient (Wildman–Crippen LogP) is 2.61. The van der Waals surface area contributed by atoms with Gasteiger partial charge in [-0.1, -0.05) is 41.6 Å². The molecule has 8 heteroatoms. The van der Waals surface area contributed by atoms with Crippen LogP contribution in [0.1, 0.15) is 15.9 Å². The second kappa shape index (κ2) is 7.83. The Morgan fingerprint density at radius 3 is 2.46 bits per heavy atom. The van der Waals surface area contributed by atoms with E-state index in [1.165, 1.54) is 17.3 Å². The topological polar surface area (TPSA) is 114 Å². The molecule has 0 aliphatic rings. The standard InChI is InChI=1S/C18H17N5O2S/c1-11-2-4-13(5-3-11)17-21-18(23-22-17)26-10-15(24)20-14-8-6-12(7-9-14)16(19)25/h2-9H,10H2,1H3,(H2,19,25)(H,20,24)(H,21,22,23). The first-order valence-electron chi connectivity index (χ1n) is 7.83. The number of carbonyl (C=O) groups is 2. The number of aryl methyl sites for hydroxylation is 1. The molecule has 0 saturated heterocycles. The van der Waals surface area contributed by atoms with E-state index in [1.807, 2.05) is 31.2 Å². The van der Waals surface area contributed by atoms with E-state index in [1.54, 1.807) is 24.3 Å². The van der Waals surface area contributed by atoms with Crippen molar-refractivity contribution in [3.63, 3.8) is 0 Å². The monoisotopic (exact) mass is 367 g/mol. The van der Waals surface area contributed by atoms with Gasteiger partial charge < -0.3 is 11.1 Å². The highest BCUT2D eigenvalue weighted by Gasteiger charge is 2.09. The van der Waals surface area contributed by atoms with Crippen molar-refractivity contribution in [3.8, 4) is 11.4 Å². The highest BCUT2D eigenvalue weighted by atomic mass is 32.2. The Balaban J connectivity index is 1.54. The molecule has 0 fully saturated rings. The van der Waals surface area contributed by atoms with Gasteiger partial charge in [0, 0.05) is 16.8 Å². The molecule has 0 aliphatic heterocycles. The third kappa shape index (κ3) is 4.48. The first-order valence-corrected chi connectivity index (χ1v) is 8.82. The Morgan fingerprint density at radius 2 is 1.81 bits per heavy atom. The molecule has 132 valence electrons. The minimum atomic E-state index is -0.507. The van der Waals surface area contributed by atoms with Gasteiger partial charge >= 0.3 is 0 Å². The van der Waals surface area contributed by atoms with Crippen LogP contribution in [0, 0.1) is 6.92 Å². The molecule has 7 nitrogen and oxygen atoms in total. The summed E-state index contributed by atoms with van der Waals surface area (Å²) in [5.41, 5.74) is 8.27. The molecule has 1 aromatic heterocycles. The van der Waals surface area contributed by atoms with Gasteiger partial charge in [-0.15, -0.1) is 5.10 Å². The third-order valence-corrected chi connectivity index (χ3v) is 4.42. The summed E-state index contributed by atoms with van der Waals surface area (Å²) in [4.78, 5) is 27.4. The number of aromatic amines is 1. The molecule has 2 amide bonds. The fourth-order valence-electron chi connectivity index (χ4n) is 2.20. The lowest BCUT2D eigenvalue weighted by Gasteiger charge is -2.04. The van der Waals surface area contributed by atoms with Crippen LogP contribution in [0.25, 0.3) is 11.4 Å². The largest absolute Gasteiger partial charge is 0.366 e. The lowest BCUT2D eigenvalue weighted by molar-refractivity contribution is -0.113. The van der Waals surface area contributed by atoms with E-state index < -0.39 is 5.91 Å². The van der Waals surface area contributed by atoms with Crippen LogP contribution in [0.2, 0.25) is 0 Å². The second-order valence-corrected chi connectivity index (χ2v) is 6.55. The molecule has 4 N–H and O–H groups in total. The number of nitrogens with one attached hydrogen (secondary N) is 2. The number of aromatic nitrogens is 3. The Morgan fingerprint density at radius 1 is 1.12 bits per heavy atom. The number of anilines is 1.